The van der Waals surface area contributed by atoms with Crippen molar-refractivity contribution in [1.82, 2.24) is 10.2 Å². The Kier molecular flexibility index (Phi) is 5.83. The van der Waals surface area contributed by atoms with Gasteiger partial charge in [-0.1, -0.05) is 44.2 Å². The molecule has 2 rings (SSSR count). The Morgan fingerprint density at radius 1 is 1.24 bits per heavy atom. The SMILES string of the molecule is CC(C)N(Cc1ccccc1)CC(C)(C)C1CCCNC1. The van der Waals surface area contributed by atoms with Crippen molar-refractivity contribution in [2.24, 2.45) is 11.3 Å². The summed E-state index contributed by atoms with van der Waals surface area (Å²) in [4.78, 5) is 2.63. The van der Waals surface area contributed by atoms with Gasteiger partial charge in [0.05, 0.1) is 0 Å². The smallest absolute Gasteiger partial charge is 0.0236 e. The fourth-order valence-corrected chi connectivity index (χ4v) is 3.41. The minimum atomic E-state index is 0.368. The summed E-state index contributed by atoms with van der Waals surface area (Å²) in [5, 5.41) is 3.57. The molecule has 118 valence electrons. The number of hydrogen-bond acceptors (Lipinski definition) is 2. The van der Waals surface area contributed by atoms with Gasteiger partial charge in [-0.25, -0.2) is 0 Å². The van der Waals surface area contributed by atoms with Gasteiger partial charge in [-0.05, 0) is 56.7 Å². The topological polar surface area (TPSA) is 15.3 Å². The highest BCUT2D eigenvalue weighted by Gasteiger charge is 2.32. The Bertz CT molecular complexity index is 405. The van der Waals surface area contributed by atoms with Crippen molar-refractivity contribution in [3.63, 3.8) is 0 Å². The van der Waals surface area contributed by atoms with Gasteiger partial charge in [-0.15, -0.1) is 0 Å². The van der Waals surface area contributed by atoms with Gasteiger partial charge in [0.1, 0.15) is 0 Å². The molecule has 0 spiro atoms. The lowest BCUT2D eigenvalue weighted by molar-refractivity contribution is 0.0777. The lowest BCUT2D eigenvalue weighted by atomic mass is 9.74. The highest BCUT2D eigenvalue weighted by Crippen LogP contribution is 2.33. The van der Waals surface area contributed by atoms with Gasteiger partial charge >= 0.3 is 0 Å². The van der Waals surface area contributed by atoms with Crippen molar-refractivity contribution in [2.75, 3.05) is 19.6 Å². The molecule has 1 unspecified atom stereocenters. The van der Waals surface area contributed by atoms with Crippen LogP contribution in [0, 0.1) is 11.3 Å². The van der Waals surface area contributed by atoms with Crippen LogP contribution in [0.3, 0.4) is 0 Å². The lowest BCUT2D eigenvalue weighted by Crippen LogP contribution is -2.46. The standard InChI is InChI=1S/C19H32N2/c1-16(2)21(14-17-9-6-5-7-10-17)15-19(3,4)18-11-8-12-20-13-18/h5-7,9-10,16,18,20H,8,11-15H2,1-4H3. The molecule has 0 saturated carbocycles. The average Bonchev–Trinajstić information content (AvgIpc) is 2.48. The molecule has 1 aromatic rings. The third-order valence-corrected chi connectivity index (χ3v) is 4.97. The molecule has 1 aromatic carbocycles. The zero-order valence-corrected chi connectivity index (χ0v) is 14.2. The van der Waals surface area contributed by atoms with E-state index in [2.05, 4.69) is 68.2 Å². The second kappa shape index (κ2) is 7.42. The summed E-state index contributed by atoms with van der Waals surface area (Å²) in [6, 6.07) is 11.4. The summed E-state index contributed by atoms with van der Waals surface area (Å²) in [5.74, 6) is 0.795. The zero-order valence-electron chi connectivity index (χ0n) is 14.2. The van der Waals surface area contributed by atoms with Crippen LogP contribution in [-0.4, -0.2) is 30.6 Å². The Labute approximate surface area is 130 Å². The van der Waals surface area contributed by atoms with Crippen molar-refractivity contribution >= 4 is 0 Å². The molecule has 0 radical (unpaired) electrons. The second-order valence-corrected chi connectivity index (χ2v) is 7.52. The van der Waals surface area contributed by atoms with Gasteiger partial charge in [0.2, 0.25) is 0 Å². The molecule has 1 N–H and O–H groups in total. The number of nitrogens with one attached hydrogen (secondary N) is 1. The molecule has 0 aliphatic carbocycles. The Morgan fingerprint density at radius 3 is 2.52 bits per heavy atom. The van der Waals surface area contributed by atoms with Crippen LogP contribution in [0.5, 0.6) is 0 Å². The third kappa shape index (κ3) is 4.82. The van der Waals surface area contributed by atoms with Gasteiger partial charge in [-0.3, -0.25) is 4.90 Å². The van der Waals surface area contributed by atoms with E-state index in [4.69, 9.17) is 0 Å². The zero-order chi connectivity index (χ0) is 15.3. The van der Waals surface area contributed by atoms with E-state index in [1.165, 1.54) is 38.0 Å². The summed E-state index contributed by atoms with van der Waals surface area (Å²) in [5.41, 5.74) is 1.79. The fraction of sp³-hybridized carbons (Fsp3) is 0.684. The van der Waals surface area contributed by atoms with Crippen LogP contribution in [0.25, 0.3) is 0 Å². The maximum atomic E-state index is 3.57. The first kappa shape index (κ1) is 16.5. The first-order valence-electron chi connectivity index (χ1n) is 8.48. The van der Waals surface area contributed by atoms with Crippen LogP contribution in [0.15, 0.2) is 30.3 Å². The van der Waals surface area contributed by atoms with Gasteiger partial charge < -0.3 is 5.32 Å². The minimum Gasteiger partial charge on any atom is -0.316 e. The van der Waals surface area contributed by atoms with E-state index in [0.717, 1.165) is 12.5 Å². The molecule has 0 bridgehead atoms. The van der Waals surface area contributed by atoms with E-state index >= 15 is 0 Å². The van der Waals surface area contributed by atoms with E-state index in [1.54, 1.807) is 0 Å². The first-order valence-corrected chi connectivity index (χ1v) is 8.48. The van der Waals surface area contributed by atoms with Crippen LogP contribution in [-0.2, 0) is 6.54 Å². The monoisotopic (exact) mass is 288 g/mol. The minimum absolute atomic E-state index is 0.368. The molecule has 1 atom stereocenters. The lowest BCUT2D eigenvalue weighted by Gasteiger charge is -2.42. The van der Waals surface area contributed by atoms with Crippen molar-refractivity contribution < 1.29 is 0 Å². The number of hydrogen-bond donors (Lipinski definition) is 1. The summed E-state index contributed by atoms with van der Waals surface area (Å²) in [6.07, 6.45) is 2.70. The second-order valence-electron chi connectivity index (χ2n) is 7.52. The summed E-state index contributed by atoms with van der Waals surface area (Å²) >= 11 is 0. The predicted molar refractivity (Wildman–Crippen MR) is 91.4 cm³/mol. The molecule has 2 nitrogen and oxygen atoms in total. The van der Waals surface area contributed by atoms with E-state index in [0.29, 0.717) is 11.5 Å². The molecule has 21 heavy (non-hydrogen) atoms. The van der Waals surface area contributed by atoms with Gasteiger partial charge in [-0.2, -0.15) is 0 Å². The van der Waals surface area contributed by atoms with Crippen LogP contribution in [0.1, 0.15) is 46.1 Å². The molecular weight excluding hydrogens is 256 g/mol. The van der Waals surface area contributed by atoms with Crippen molar-refractivity contribution in [3.8, 4) is 0 Å². The molecule has 1 fully saturated rings. The Hall–Kier alpha value is -0.860. The highest BCUT2D eigenvalue weighted by molar-refractivity contribution is 5.14. The predicted octanol–water partition coefficient (Wildman–Crippen LogP) is 3.92. The largest absolute Gasteiger partial charge is 0.316 e. The highest BCUT2D eigenvalue weighted by atomic mass is 15.2. The van der Waals surface area contributed by atoms with Gasteiger partial charge in [0.15, 0.2) is 0 Å². The summed E-state index contributed by atoms with van der Waals surface area (Å²) < 4.78 is 0. The van der Waals surface area contributed by atoms with Gasteiger partial charge in [0, 0.05) is 19.1 Å². The Balaban J connectivity index is 2.01. The first-order chi connectivity index (χ1) is 9.99. The van der Waals surface area contributed by atoms with Crippen LogP contribution in [0.2, 0.25) is 0 Å². The molecule has 1 aliphatic heterocycles. The van der Waals surface area contributed by atoms with E-state index < -0.39 is 0 Å². The Morgan fingerprint density at radius 2 is 1.95 bits per heavy atom. The molecular formula is C19H32N2. The molecule has 0 amide bonds. The summed E-state index contributed by atoms with van der Waals surface area (Å²) in [7, 11) is 0. The van der Waals surface area contributed by atoms with Crippen molar-refractivity contribution in [2.45, 2.75) is 53.1 Å². The molecule has 1 heterocycles. The quantitative estimate of drug-likeness (QED) is 0.853. The van der Waals surface area contributed by atoms with Gasteiger partial charge in [0.25, 0.3) is 0 Å². The number of nitrogens with zero attached hydrogens (tertiary/aromatic N) is 1. The van der Waals surface area contributed by atoms with E-state index in [9.17, 15) is 0 Å². The average molecular weight is 288 g/mol. The molecule has 2 heteroatoms. The third-order valence-electron chi connectivity index (χ3n) is 4.97. The number of piperidine rings is 1. The van der Waals surface area contributed by atoms with E-state index in [1.807, 2.05) is 0 Å². The van der Waals surface area contributed by atoms with E-state index in [-0.39, 0.29) is 0 Å². The van der Waals surface area contributed by atoms with Crippen LogP contribution >= 0.6 is 0 Å². The maximum absolute atomic E-state index is 3.57. The molecule has 0 aromatic heterocycles. The normalized spacial score (nSPS) is 20.2. The van der Waals surface area contributed by atoms with Crippen LogP contribution < -0.4 is 5.32 Å². The van der Waals surface area contributed by atoms with Crippen molar-refractivity contribution in [3.05, 3.63) is 35.9 Å². The maximum Gasteiger partial charge on any atom is 0.0236 e. The van der Waals surface area contributed by atoms with Crippen molar-refractivity contribution in [1.29, 1.82) is 0 Å². The number of benzene rings is 1. The molecule has 1 aliphatic rings. The van der Waals surface area contributed by atoms with Crippen LogP contribution in [0.4, 0.5) is 0 Å². The number of rotatable bonds is 6. The fourth-order valence-electron chi connectivity index (χ4n) is 3.41. The molecule has 1 saturated heterocycles. The summed E-state index contributed by atoms with van der Waals surface area (Å²) in [6.45, 7) is 14.1.